The Morgan fingerprint density at radius 1 is 0.549 bits per heavy atom. The van der Waals surface area contributed by atoms with Gasteiger partial charge in [-0.15, -0.1) is 0 Å². The fourth-order valence-corrected chi connectivity index (χ4v) is 6.67. The first-order valence-electron chi connectivity index (χ1n) is 15.8. The highest BCUT2D eigenvalue weighted by atomic mass is 35.7. The van der Waals surface area contributed by atoms with E-state index in [1.54, 1.807) is 48.5 Å². The Labute approximate surface area is 302 Å². The lowest BCUT2D eigenvalue weighted by Gasteiger charge is -2.26. The van der Waals surface area contributed by atoms with Crippen molar-refractivity contribution in [3.8, 4) is 0 Å². The maximum absolute atomic E-state index is 12.5. The fourth-order valence-electron chi connectivity index (χ4n) is 4.49. The number of para-hydroxylation sites is 2. The Bertz CT molecular complexity index is 1880. The smallest absolute Gasteiger partial charge is 0.323 e. The van der Waals surface area contributed by atoms with Crippen LogP contribution in [-0.2, 0) is 28.5 Å². The summed E-state index contributed by atoms with van der Waals surface area (Å²) in [7, 11) is -2.09. The van der Waals surface area contributed by atoms with Crippen LogP contribution in [0.15, 0.2) is 119 Å². The molecule has 5 N–H and O–H groups in total. The van der Waals surface area contributed by atoms with Crippen LogP contribution in [0.3, 0.4) is 0 Å². The molecule has 0 saturated carbocycles. The number of anilines is 4. The molecule has 0 atom stereocenters. The van der Waals surface area contributed by atoms with Crippen LogP contribution in [-0.4, -0.2) is 85.8 Å². The minimum absolute atomic E-state index is 0.0202. The minimum Gasteiger partial charge on any atom is -0.379 e. The van der Waals surface area contributed by atoms with Crippen LogP contribution in [0.4, 0.5) is 32.3 Å². The molecule has 0 radical (unpaired) electrons. The summed E-state index contributed by atoms with van der Waals surface area (Å²) < 4.78 is 58.8. The third kappa shape index (κ3) is 13.6. The van der Waals surface area contributed by atoms with Crippen molar-refractivity contribution in [3.05, 3.63) is 109 Å². The van der Waals surface area contributed by atoms with Gasteiger partial charge in [0.2, 0.25) is 10.0 Å². The van der Waals surface area contributed by atoms with E-state index in [1.165, 1.54) is 40.7 Å². The number of rotatable bonds is 7. The molecule has 17 heteroatoms. The number of amides is 4. The monoisotopic (exact) mass is 758 g/mol. The van der Waals surface area contributed by atoms with Gasteiger partial charge in [0, 0.05) is 59.6 Å². The van der Waals surface area contributed by atoms with E-state index in [4.69, 9.17) is 20.2 Å². The average Bonchev–Trinajstić information content (AvgIpc) is 3.14. The van der Waals surface area contributed by atoms with Gasteiger partial charge in [0.05, 0.1) is 36.2 Å². The Balaban J connectivity index is 0.000000200. The number of nitrogens with zero attached hydrogens (tertiary/aromatic N) is 1. The number of benzene rings is 4. The van der Waals surface area contributed by atoms with Crippen LogP contribution >= 0.6 is 10.7 Å². The van der Waals surface area contributed by atoms with E-state index < -0.39 is 31.1 Å². The predicted molar refractivity (Wildman–Crippen MR) is 197 cm³/mol. The summed E-state index contributed by atoms with van der Waals surface area (Å²) in [4.78, 5) is 23.8. The number of carbonyl (C=O) groups excluding carboxylic acids is 2. The standard InChI is InChI=1S/C17H19N3O4S.C13H11ClN2O3S.C4H9NO/c21-17(18-14-4-2-1-3-5-14)19-15-6-8-16(9-7-15)25(22,23)20-10-12-24-13-11-20;14-20(18,19)12-8-6-11(7-9-12)16-13(17)15-10-4-2-1-3-5-10;1-3-6-4-2-5-1/h1-9H,10-13H2,(H2,18,19,21);1-9H,(H2,15,16,17);5H,1-4H2. The lowest BCUT2D eigenvalue weighted by atomic mass is 10.3. The molecule has 0 spiro atoms. The van der Waals surface area contributed by atoms with Crippen LogP contribution < -0.4 is 26.6 Å². The van der Waals surface area contributed by atoms with Gasteiger partial charge >= 0.3 is 12.1 Å². The Hall–Kier alpha value is -4.55. The molecule has 2 saturated heterocycles. The molecule has 51 heavy (non-hydrogen) atoms. The van der Waals surface area contributed by atoms with Gasteiger partial charge in [0.1, 0.15) is 0 Å². The fraction of sp³-hybridized carbons (Fsp3) is 0.235. The van der Waals surface area contributed by atoms with Crippen molar-refractivity contribution in [2.75, 3.05) is 73.9 Å². The van der Waals surface area contributed by atoms with E-state index >= 15 is 0 Å². The summed E-state index contributed by atoms with van der Waals surface area (Å²) in [5.74, 6) is 0. The number of hydrogen-bond donors (Lipinski definition) is 5. The quantitative estimate of drug-likeness (QED) is 0.158. The van der Waals surface area contributed by atoms with Crippen LogP contribution in [0.5, 0.6) is 0 Å². The summed E-state index contributed by atoms with van der Waals surface area (Å²) >= 11 is 0. The van der Waals surface area contributed by atoms with Crippen molar-refractivity contribution < 1.29 is 35.9 Å². The highest BCUT2D eigenvalue weighted by Crippen LogP contribution is 2.20. The van der Waals surface area contributed by atoms with E-state index in [0.29, 0.717) is 49.1 Å². The molecule has 2 fully saturated rings. The van der Waals surface area contributed by atoms with E-state index in [1.807, 2.05) is 24.3 Å². The number of hydrogen-bond acceptors (Lipinski definition) is 9. The molecule has 4 amide bonds. The zero-order valence-corrected chi connectivity index (χ0v) is 29.8. The van der Waals surface area contributed by atoms with Crippen molar-refractivity contribution >= 4 is 64.6 Å². The molecule has 4 aromatic rings. The number of carbonyl (C=O) groups is 2. The third-order valence-electron chi connectivity index (χ3n) is 7.02. The molecule has 272 valence electrons. The summed E-state index contributed by atoms with van der Waals surface area (Å²) in [5.41, 5.74) is 2.30. The van der Waals surface area contributed by atoms with Crippen molar-refractivity contribution in [1.29, 1.82) is 0 Å². The van der Waals surface area contributed by atoms with Gasteiger partial charge in [-0.1, -0.05) is 36.4 Å². The summed E-state index contributed by atoms with van der Waals surface area (Å²) in [6, 6.07) is 28.9. The first-order chi connectivity index (χ1) is 24.5. The second-order valence-electron chi connectivity index (χ2n) is 10.8. The molecule has 0 unspecified atom stereocenters. The highest BCUT2D eigenvalue weighted by molar-refractivity contribution is 8.13. The van der Waals surface area contributed by atoms with Crippen LogP contribution in [0.2, 0.25) is 0 Å². The van der Waals surface area contributed by atoms with Crippen molar-refractivity contribution in [3.63, 3.8) is 0 Å². The molecule has 0 bridgehead atoms. The SMILES string of the molecule is C1COCCN1.O=C(Nc1ccccc1)Nc1ccc(S(=O)(=O)Cl)cc1.O=C(Nc1ccccc1)Nc1ccc(S(=O)(=O)N2CCOCC2)cc1. The molecular formula is C34H39ClN6O8S2. The predicted octanol–water partition coefficient (Wildman–Crippen LogP) is 5.22. The molecule has 2 aliphatic heterocycles. The molecular weight excluding hydrogens is 720 g/mol. The van der Waals surface area contributed by atoms with Gasteiger partial charge in [0.15, 0.2) is 0 Å². The maximum Gasteiger partial charge on any atom is 0.323 e. The zero-order chi connectivity index (χ0) is 36.5. The molecule has 14 nitrogen and oxygen atoms in total. The van der Waals surface area contributed by atoms with Gasteiger partial charge in [-0.05, 0) is 72.8 Å². The van der Waals surface area contributed by atoms with Gasteiger partial charge in [0.25, 0.3) is 9.05 Å². The zero-order valence-electron chi connectivity index (χ0n) is 27.5. The molecule has 0 aliphatic carbocycles. The summed E-state index contributed by atoms with van der Waals surface area (Å²) in [6.45, 7) is 5.33. The largest absolute Gasteiger partial charge is 0.379 e. The number of ether oxygens (including phenoxy) is 2. The summed E-state index contributed by atoms with van der Waals surface area (Å²) in [6.07, 6.45) is 0. The van der Waals surface area contributed by atoms with Crippen molar-refractivity contribution in [2.24, 2.45) is 0 Å². The lowest BCUT2D eigenvalue weighted by molar-refractivity contribution is 0.0730. The van der Waals surface area contributed by atoms with Crippen LogP contribution in [0.1, 0.15) is 0 Å². The minimum atomic E-state index is -3.75. The third-order valence-corrected chi connectivity index (χ3v) is 10.3. The topological polar surface area (TPSA) is 184 Å². The Kier molecular flexibility index (Phi) is 15.2. The van der Waals surface area contributed by atoms with Gasteiger partial charge < -0.3 is 36.1 Å². The van der Waals surface area contributed by atoms with E-state index in [9.17, 15) is 26.4 Å². The number of halogens is 1. The number of urea groups is 2. The van der Waals surface area contributed by atoms with Crippen LogP contribution in [0, 0.1) is 0 Å². The highest BCUT2D eigenvalue weighted by Gasteiger charge is 2.26. The van der Waals surface area contributed by atoms with Gasteiger partial charge in [-0.2, -0.15) is 4.31 Å². The van der Waals surface area contributed by atoms with Gasteiger partial charge in [-0.25, -0.2) is 26.4 Å². The van der Waals surface area contributed by atoms with Crippen molar-refractivity contribution in [1.82, 2.24) is 9.62 Å². The summed E-state index contributed by atoms with van der Waals surface area (Å²) in [5, 5.41) is 13.7. The van der Waals surface area contributed by atoms with Gasteiger partial charge in [-0.3, -0.25) is 0 Å². The molecule has 2 heterocycles. The van der Waals surface area contributed by atoms with Crippen molar-refractivity contribution in [2.45, 2.75) is 9.79 Å². The first kappa shape index (κ1) is 39.2. The average molecular weight is 759 g/mol. The second-order valence-corrected chi connectivity index (χ2v) is 15.3. The molecule has 6 rings (SSSR count). The lowest BCUT2D eigenvalue weighted by Crippen LogP contribution is -2.40. The number of morpholine rings is 2. The first-order valence-corrected chi connectivity index (χ1v) is 19.5. The maximum atomic E-state index is 12.5. The second kappa shape index (κ2) is 19.7. The van der Waals surface area contributed by atoms with Crippen LogP contribution in [0.25, 0.3) is 0 Å². The number of sulfonamides is 1. The molecule has 2 aliphatic rings. The normalized spacial score (nSPS) is 14.7. The Morgan fingerprint density at radius 3 is 1.27 bits per heavy atom. The number of nitrogens with one attached hydrogen (secondary N) is 5. The molecule has 0 aromatic heterocycles. The molecule has 4 aromatic carbocycles. The van der Waals surface area contributed by atoms with E-state index in [-0.39, 0.29) is 9.79 Å². The van der Waals surface area contributed by atoms with E-state index in [2.05, 4.69) is 26.6 Å². The van der Waals surface area contributed by atoms with E-state index in [0.717, 1.165) is 26.3 Å². The Morgan fingerprint density at radius 2 is 0.922 bits per heavy atom.